The van der Waals surface area contributed by atoms with Gasteiger partial charge >= 0.3 is 0 Å². The summed E-state index contributed by atoms with van der Waals surface area (Å²) >= 11 is 0. The Balaban J connectivity index is 3.25. The van der Waals surface area contributed by atoms with Gasteiger partial charge in [0.15, 0.2) is 0 Å². The molecule has 0 aliphatic rings. The molecule has 0 heteroatoms. The average molecular weight is 419 g/mol. The van der Waals surface area contributed by atoms with Crippen LogP contribution in [-0.2, 0) is 0 Å². The van der Waals surface area contributed by atoms with Gasteiger partial charge < -0.3 is 0 Å². The molecule has 0 radical (unpaired) electrons. The Morgan fingerprint density at radius 1 is 0.533 bits per heavy atom. The third-order valence-electron chi connectivity index (χ3n) is 6.68. The van der Waals surface area contributed by atoms with Gasteiger partial charge in [-0.2, -0.15) is 0 Å². The zero-order chi connectivity index (χ0) is 22.1. The average Bonchev–Trinajstić information content (AvgIpc) is 2.73. The Bertz CT molecular complexity index is 353. The maximum atomic E-state index is 3.84. The van der Waals surface area contributed by atoms with E-state index in [1.54, 1.807) is 0 Å². The molecule has 30 heavy (non-hydrogen) atoms. The monoisotopic (exact) mass is 418 g/mol. The lowest BCUT2D eigenvalue weighted by molar-refractivity contribution is 0.458. The third-order valence-corrected chi connectivity index (χ3v) is 6.68. The fraction of sp³-hybridized carbons (Fsp3) is 0.867. The minimum absolute atomic E-state index is 0.837. The summed E-state index contributed by atoms with van der Waals surface area (Å²) < 4.78 is 0. The van der Waals surface area contributed by atoms with Crippen LogP contribution in [0.3, 0.4) is 0 Å². The largest absolute Gasteiger partial charge is 0.103 e. The van der Waals surface area contributed by atoms with E-state index in [0.717, 1.165) is 11.8 Å². The molecule has 0 aromatic rings. The Kier molecular flexibility index (Phi) is 24.3. The van der Waals surface area contributed by atoms with E-state index >= 15 is 0 Å². The SMILES string of the molecule is C=CCC(C)CCCCCCCCCCC=CCCC(C)CCCCCCCCC. The van der Waals surface area contributed by atoms with Crippen LogP contribution in [0, 0.1) is 11.8 Å². The second kappa shape index (κ2) is 24.7. The molecule has 0 amide bonds. The van der Waals surface area contributed by atoms with Crippen molar-refractivity contribution in [2.45, 2.75) is 156 Å². The summed E-state index contributed by atoms with van der Waals surface area (Å²) in [7, 11) is 0. The van der Waals surface area contributed by atoms with E-state index in [1.807, 2.05) is 0 Å². The Morgan fingerprint density at radius 2 is 1.00 bits per heavy atom. The van der Waals surface area contributed by atoms with Gasteiger partial charge in [-0.15, -0.1) is 6.58 Å². The molecule has 178 valence electrons. The van der Waals surface area contributed by atoms with E-state index in [0.29, 0.717) is 0 Å². The van der Waals surface area contributed by atoms with Crippen LogP contribution in [-0.4, -0.2) is 0 Å². The summed E-state index contributed by atoms with van der Waals surface area (Å²) in [6.07, 6.45) is 36.5. The molecule has 0 bridgehead atoms. The standard InChI is InChI=1S/C30H58/c1-5-7-8-9-16-19-23-27-30(4)28-24-21-18-15-13-11-10-12-14-17-20-22-26-29(3)25-6-2/h6,18,21,29-30H,2,5,7-17,19-20,22-28H2,1,3-4H3. The highest BCUT2D eigenvalue weighted by Crippen LogP contribution is 2.18. The quantitative estimate of drug-likeness (QED) is 0.108. The fourth-order valence-electron chi connectivity index (χ4n) is 4.43. The fourth-order valence-corrected chi connectivity index (χ4v) is 4.43. The Labute approximate surface area is 192 Å². The van der Waals surface area contributed by atoms with E-state index < -0.39 is 0 Å². The van der Waals surface area contributed by atoms with Gasteiger partial charge in [-0.3, -0.25) is 0 Å². The number of unbranched alkanes of at least 4 members (excludes halogenated alkanes) is 14. The smallest absolute Gasteiger partial charge is 0.0328 e. The van der Waals surface area contributed by atoms with Gasteiger partial charge in [-0.05, 0) is 43.9 Å². The summed E-state index contributed by atoms with van der Waals surface area (Å²) in [4.78, 5) is 0. The summed E-state index contributed by atoms with van der Waals surface area (Å²) in [5.74, 6) is 1.75. The molecule has 0 nitrogen and oxygen atoms in total. The first-order valence-corrected chi connectivity index (χ1v) is 14.0. The molecule has 0 aliphatic carbocycles. The Morgan fingerprint density at radius 3 is 1.57 bits per heavy atom. The molecular formula is C30H58. The minimum Gasteiger partial charge on any atom is -0.103 e. The highest BCUT2D eigenvalue weighted by molar-refractivity contribution is 4.82. The van der Waals surface area contributed by atoms with Crippen LogP contribution in [0.5, 0.6) is 0 Å². The molecule has 0 saturated carbocycles. The van der Waals surface area contributed by atoms with Gasteiger partial charge in [-0.25, -0.2) is 0 Å². The predicted molar refractivity (Wildman–Crippen MR) is 140 cm³/mol. The van der Waals surface area contributed by atoms with E-state index in [9.17, 15) is 0 Å². The van der Waals surface area contributed by atoms with Crippen molar-refractivity contribution in [3.8, 4) is 0 Å². The molecular weight excluding hydrogens is 360 g/mol. The van der Waals surface area contributed by atoms with Crippen molar-refractivity contribution in [1.29, 1.82) is 0 Å². The first-order valence-electron chi connectivity index (χ1n) is 14.0. The number of allylic oxidation sites excluding steroid dienone is 3. The van der Waals surface area contributed by atoms with Crippen molar-refractivity contribution >= 4 is 0 Å². The molecule has 2 atom stereocenters. The predicted octanol–water partition coefficient (Wildman–Crippen LogP) is 11.2. The Hall–Kier alpha value is -0.520. The molecule has 0 N–H and O–H groups in total. The lowest BCUT2D eigenvalue weighted by Crippen LogP contribution is -1.94. The van der Waals surface area contributed by atoms with E-state index in [-0.39, 0.29) is 0 Å². The van der Waals surface area contributed by atoms with Crippen LogP contribution in [0.25, 0.3) is 0 Å². The summed E-state index contributed by atoms with van der Waals surface area (Å²) in [5, 5.41) is 0. The lowest BCUT2D eigenvalue weighted by atomic mass is 9.97. The van der Waals surface area contributed by atoms with E-state index in [4.69, 9.17) is 0 Å². The van der Waals surface area contributed by atoms with E-state index in [2.05, 4.69) is 45.6 Å². The van der Waals surface area contributed by atoms with Crippen LogP contribution in [0.4, 0.5) is 0 Å². The molecule has 0 aliphatic heterocycles. The maximum Gasteiger partial charge on any atom is -0.0328 e. The van der Waals surface area contributed by atoms with Crippen LogP contribution in [0.15, 0.2) is 24.8 Å². The first kappa shape index (κ1) is 29.5. The van der Waals surface area contributed by atoms with Gasteiger partial charge in [0.25, 0.3) is 0 Å². The molecule has 0 aromatic carbocycles. The molecule has 0 fully saturated rings. The van der Waals surface area contributed by atoms with Crippen molar-refractivity contribution in [3.05, 3.63) is 24.8 Å². The summed E-state index contributed by atoms with van der Waals surface area (Å²) in [5.41, 5.74) is 0. The van der Waals surface area contributed by atoms with Crippen molar-refractivity contribution in [2.24, 2.45) is 11.8 Å². The highest BCUT2D eigenvalue weighted by Gasteiger charge is 2.01. The lowest BCUT2D eigenvalue weighted by Gasteiger charge is -2.09. The molecule has 0 saturated heterocycles. The first-order chi connectivity index (χ1) is 14.7. The summed E-state index contributed by atoms with van der Waals surface area (Å²) in [6.45, 7) is 10.9. The van der Waals surface area contributed by atoms with E-state index in [1.165, 1.54) is 135 Å². The molecule has 0 aromatic heterocycles. The minimum atomic E-state index is 0.837. The van der Waals surface area contributed by atoms with Crippen molar-refractivity contribution in [3.63, 3.8) is 0 Å². The van der Waals surface area contributed by atoms with Gasteiger partial charge in [0.1, 0.15) is 0 Å². The zero-order valence-electron chi connectivity index (χ0n) is 21.4. The molecule has 0 heterocycles. The second-order valence-electron chi connectivity index (χ2n) is 10.1. The third kappa shape index (κ3) is 23.8. The van der Waals surface area contributed by atoms with Gasteiger partial charge in [0.2, 0.25) is 0 Å². The second-order valence-corrected chi connectivity index (χ2v) is 10.1. The van der Waals surface area contributed by atoms with Gasteiger partial charge in [0.05, 0.1) is 0 Å². The topological polar surface area (TPSA) is 0 Å². The number of hydrogen-bond donors (Lipinski definition) is 0. The van der Waals surface area contributed by atoms with Crippen LogP contribution in [0.1, 0.15) is 156 Å². The van der Waals surface area contributed by atoms with Crippen LogP contribution < -0.4 is 0 Å². The normalized spacial score (nSPS) is 13.7. The van der Waals surface area contributed by atoms with Crippen molar-refractivity contribution in [2.75, 3.05) is 0 Å². The molecule has 0 rings (SSSR count). The van der Waals surface area contributed by atoms with Crippen LogP contribution in [0.2, 0.25) is 0 Å². The van der Waals surface area contributed by atoms with Crippen molar-refractivity contribution in [1.82, 2.24) is 0 Å². The van der Waals surface area contributed by atoms with Gasteiger partial charge in [-0.1, -0.05) is 142 Å². The zero-order valence-corrected chi connectivity index (χ0v) is 21.4. The maximum absolute atomic E-state index is 3.84. The highest BCUT2D eigenvalue weighted by atomic mass is 14.1. The van der Waals surface area contributed by atoms with Crippen LogP contribution >= 0.6 is 0 Å². The number of hydrogen-bond acceptors (Lipinski definition) is 0. The van der Waals surface area contributed by atoms with Crippen molar-refractivity contribution < 1.29 is 0 Å². The number of rotatable bonds is 24. The molecule has 0 spiro atoms. The summed E-state index contributed by atoms with van der Waals surface area (Å²) in [6, 6.07) is 0. The van der Waals surface area contributed by atoms with Gasteiger partial charge in [0, 0.05) is 0 Å². The molecule has 2 unspecified atom stereocenters.